The van der Waals surface area contributed by atoms with Crippen LogP contribution in [0.3, 0.4) is 0 Å². The Bertz CT molecular complexity index is 2680. The van der Waals surface area contributed by atoms with E-state index < -0.39 is 47.1 Å². The van der Waals surface area contributed by atoms with Crippen LogP contribution in [0.25, 0.3) is 22.2 Å². The number of aryl methyl sites for hydroxylation is 2. The summed E-state index contributed by atoms with van der Waals surface area (Å²) in [6, 6.07) is 29.2. The van der Waals surface area contributed by atoms with Crippen molar-refractivity contribution in [3.63, 3.8) is 0 Å². The lowest BCUT2D eigenvalue weighted by molar-refractivity contribution is -0.158. The number of ketones is 1. The molecular weight excluding hydrogens is 845 g/mol. The van der Waals surface area contributed by atoms with Gasteiger partial charge in [0.15, 0.2) is 5.78 Å². The van der Waals surface area contributed by atoms with Gasteiger partial charge in [-0.2, -0.15) is 0 Å². The number of hydrogen-bond donors (Lipinski definition) is 2. The Hall–Kier alpha value is -6.56. The molecule has 2 fully saturated rings. The van der Waals surface area contributed by atoms with Gasteiger partial charge in [-0.15, -0.1) is 0 Å². The van der Waals surface area contributed by atoms with Crippen LogP contribution in [0, 0.1) is 0 Å². The molecule has 350 valence electrons. The maximum absolute atomic E-state index is 14.2. The minimum Gasteiger partial charge on any atom is -0.460 e. The lowest BCUT2D eigenvalue weighted by atomic mass is 9.88. The quantitative estimate of drug-likeness (QED) is 0.111. The van der Waals surface area contributed by atoms with Crippen molar-refractivity contribution in [2.75, 3.05) is 18.4 Å². The number of Topliss-reactive ketones (excluding diaryl/α,β-unsaturated/α-hetero) is 1. The first-order chi connectivity index (χ1) is 31.9. The van der Waals surface area contributed by atoms with Crippen LogP contribution >= 0.6 is 0 Å². The molecule has 0 radical (unpaired) electrons. The molecular formula is C55H62N4O8. The highest BCUT2D eigenvalue weighted by Gasteiger charge is 2.41. The number of H-pyrrole nitrogens is 1. The molecule has 3 amide bonds. The number of likely N-dealkylation sites (tertiary alicyclic amines) is 2. The van der Waals surface area contributed by atoms with Crippen LogP contribution in [0.4, 0.5) is 5.69 Å². The SMILES string of the molecule is CC(C)(C)OC(=O)C[C@@H](C(=O)N1CCC[C@H]1C(=O)Cc1ccc2[nH]c3c(c2c1)CCc1cc(NC(=O)[C@@H]2CCCN2C(=O)[C@H](CC(=O)OC(C)(C)C)c2ccccc2)ccc1-3)c1ccccc1. The standard InChI is InChI=1S/C55H62N4O8/c1-54(2,3)66-48(61)32-41(35-15-9-7-10-16-35)52(64)58-27-13-19-45(58)47(60)30-34-21-26-44-43(29-34)40-24-22-37-31-38(23-25-39(37)50(40)57-44)56-51(63)46-20-14-28-59(46)53(65)42(36-17-11-8-12-18-36)33-49(62)67-55(4,5)6/h7-12,15-18,21,23,25-26,29,31,41-42,45-46,57H,13-14,19-20,22,24,27-28,30,32-33H2,1-6H3,(H,56,63)/t41-,42-,45+,46+/m1/s1. The molecule has 12 heteroatoms. The van der Waals surface area contributed by atoms with Gasteiger partial charge in [0.1, 0.15) is 17.2 Å². The first kappa shape index (κ1) is 47.0. The molecule has 4 atom stereocenters. The van der Waals surface area contributed by atoms with Gasteiger partial charge in [0.2, 0.25) is 17.7 Å². The predicted molar refractivity (Wildman–Crippen MR) is 257 cm³/mol. The number of amides is 3. The van der Waals surface area contributed by atoms with Crippen LogP contribution in [0.2, 0.25) is 0 Å². The van der Waals surface area contributed by atoms with Crippen LogP contribution in [0.1, 0.15) is 120 Å². The fourth-order valence-electron chi connectivity index (χ4n) is 10.1. The number of nitrogens with zero attached hydrogens (tertiary/aromatic N) is 2. The number of hydrogen-bond acceptors (Lipinski definition) is 8. The fraction of sp³-hybridized carbons (Fsp3) is 0.418. The Labute approximate surface area is 392 Å². The van der Waals surface area contributed by atoms with Crippen molar-refractivity contribution in [1.82, 2.24) is 14.8 Å². The maximum atomic E-state index is 14.2. The van der Waals surface area contributed by atoms with Gasteiger partial charge in [0.05, 0.1) is 30.7 Å². The van der Waals surface area contributed by atoms with Gasteiger partial charge in [-0.25, -0.2) is 0 Å². The van der Waals surface area contributed by atoms with Crippen molar-refractivity contribution in [2.24, 2.45) is 0 Å². The molecule has 4 aromatic carbocycles. The second-order valence-corrected chi connectivity index (χ2v) is 20.2. The van der Waals surface area contributed by atoms with Gasteiger partial charge in [-0.3, -0.25) is 28.8 Å². The Morgan fingerprint density at radius 2 is 1.22 bits per heavy atom. The number of anilines is 1. The molecule has 5 aromatic rings. The zero-order valence-corrected chi connectivity index (χ0v) is 39.5. The van der Waals surface area contributed by atoms with E-state index in [1.54, 1.807) is 51.3 Å². The summed E-state index contributed by atoms with van der Waals surface area (Å²) >= 11 is 0. The van der Waals surface area contributed by atoms with Gasteiger partial charge in [-0.1, -0.05) is 72.8 Å². The third-order valence-electron chi connectivity index (χ3n) is 13.0. The average molecular weight is 907 g/mol. The summed E-state index contributed by atoms with van der Waals surface area (Å²) in [6.45, 7) is 11.7. The molecule has 3 aliphatic rings. The van der Waals surface area contributed by atoms with Crippen molar-refractivity contribution in [3.05, 3.63) is 125 Å². The number of aromatic nitrogens is 1. The van der Waals surface area contributed by atoms with Gasteiger partial charge in [0.25, 0.3) is 0 Å². The van der Waals surface area contributed by atoms with Crippen LogP contribution < -0.4 is 5.32 Å². The lowest BCUT2D eigenvalue weighted by Crippen LogP contribution is -2.45. The minimum atomic E-state index is -0.777. The van der Waals surface area contributed by atoms with E-state index in [1.165, 1.54) is 5.56 Å². The van der Waals surface area contributed by atoms with Crippen molar-refractivity contribution in [1.29, 1.82) is 0 Å². The van der Waals surface area contributed by atoms with Crippen molar-refractivity contribution in [3.8, 4) is 11.3 Å². The number of fused-ring (bicyclic) bond motifs is 5. The van der Waals surface area contributed by atoms with E-state index >= 15 is 0 Å². The Morgan fingerprint density at radius 3 is 1.79 bits per heavy atom. The number of carbonyl (C=O) groups excluding carboxylic acids is 6. The molecule has 2 aliphatic heterocycles. The molecule has 3 heterocycles. The Morgan fingerprint density at radius 1 is 0.672 bits per heavy atom. The zero-order valence-electron chi connectivity index (χ0n) is 39.5. The second kappa shape index (κ2) is 19.3. The number of esters is 2. The molecule has 12 nitrogen and oxygen atoms in total. The molecule has 1 aromatic heterocycles. The number of rotatable bonds is 13. The third-order valence-corrected chi connectivity index (χ3v) is 13.0. The minimum absolute atomic E-state index is 0.0273. The van der Waals surface area contributed by atoms with Gasteiger partial charge >= 0.3 is 11.9 Å². The number of nitrogens with one attached hydrogen (secondary N) is 2. The number of carbonyl (C=O) groups is 6. The maximum Gasteiger partial charge on any atom is 0.307 e. The second-order valence-electron chi connectivity index (χ2n) is 20.2. The first-order valence-electron chi connectivity index (χ1n) is 23.7. The predicted octanol–water partition coefficient (Wildman–Crippen LogP) is 9.00. The highest BCUT2D eigenvalue weighted by molar-refractivity contribution is 6.00. The fourth-order valence-corrected chi connectivity index (χ4v) is 10.1. The molecule has 8 rings (SSSR count). The molecule has 1 aliphatic carbocycles. The average Bonchev–Trinajstić information content (AvgIpc) is 4.06. The van der Waals surface area contributed by atoms with E-state index in [2.05, 4.69) is 16.4 Å². The van der Waals surface area contributed by atoms with E-state index in [0.29, 0.717) is 50.0 Å². The van der Waals surface area contributed by atoms with E-state index in [0.717, 1.165) is 51.7 Å². The van der Waals surface area contributed by atoms with E-state index in [-0.39, 0.29) is 42.8 Å². The molecule has 2 N–H and O–H groups in total. The smallest absolute Gasteiger partial charge is 0.307 e. The third kappa shape index (κ3) is 10.9. The largest absolute Gasteiger partial charge is 0.460 e. The van der Waals surface area contributed by atoms with Crippen LogP contribution in [0.5, 0.6) is 0 Å². The van der Waals surface area contributed by atoms with Gasteiger partial charge in [0, 0.05) is 47.4 Å². The van der Waals surface area contributed by atoms with E-state index in [1.807, 2.05) is 91.0 Å². The van der Waals surface area contributed by atoms with Crippen LogP contribution in [-0.2, 0) is 57.5 Å². The molecule has 0 saturated carbocycles. The topological polar surface area (TPSA) is 155 Å². The molecule has 0 bridgehead atoms. The number of benzene rings is 4. The highest BCUT2D eigenvalue weighted by atomic mass is 16.6. The Kier molecular flexibility index (Phi) is 13.6. The van der Waals surface area contributed by atoms with Crippen LogP contribution in [-0.4, -0.2) is 86.6 Å². The van der Waals surface area contributed by atoms with Crippen molar-refractivity contribution < 1.29 is 38.2 Å². The van der Waals surface area contributed by atoms with E-state index in [9.17, 15) is 28.8 Å². The molecule has 67 heavy (non-hydrogen) atoms. The van der Waals surface area contributed by atoms with Crippen LogP contribution in [0.15, 0.2) is 97.1 Å². The first-order valence-corrected chi connectivity index (χ1v) is 23.7. The number of aromatic amines is 1. The van der Waals surface area contributed by atoms with Crippen molar-refractivity contribution >= 4 is 52.0 Å². The van der Waals surface area contributed by atoms with Gasteiger partial charge < -0.3 is 29.6 Å². The zero-order chi connectivity index (χ0) is 47.6. The summed E-state index contributed by atoms with van der Waals surface area (Å²) in [5.41, 5.74) is 6.82. The molecule has 0 spiro atoms. The monoisotopic (exact) mass is 906 g/mol. The summed E-state index contributed by atoms with van der Waals surface area (Å²) in [4.78, 5) is 89.3. The summed E-state index contributed by atoms with van der Waals surface area (Å²) in [5, 5.41) is 4.15. The lowest BCUT2D eigenvalue weighted by Gasteiger charge is -2.29. The summed E-state index contributed by atoms with van der Waals surface area (Å²) in [5.74, 6) is -3.24. The normalized spacial score (nSPS) is 17.9. The molecule has 2 saturated heterocycles. The molecule has 0 unspecified atom stereocenters. The van der Waals surface area contributed by atoms with E-state index in [4.69, 9.17) is 9.47 Å². The summed E-state index contributed by atoms with van der Waals surface area (Å²) in [6.07, 6.45) is 3.90. The Balaban J connectivity index is 0.944. The highest BCUT2D eigenvalue weighted by Crippen LogP contribution is 2.40. The van der Waals surface area contributed by atoms with Crippen molar-refractivity contribution in [2.45, 2.75) is 134 Å². The summed E-state index contributed by atoms with van der Waals surface area (Å²) in [7, 11) is 0. The van der Waals surface area contributed by atoms with Gasteiger partial charge in [-0.05, 0) is 132 Å². The summed E-state index contributed by atoms with van der Waals surface area (Å²) < 4.78 is 11.2. The number of ether oxygens (including phenoxy) is 2.